The summed E-state index contributed by atoms with van der Waals surface area (Å²) in [5.41, 5.74) is 0. The van der Waals surface area contributed by atoms with E-state index >= 15 is 0 Å². The largest absolute Gasteiger partial charge is 0.466 e. The van der Waals surface area contributed by atoms with E-state index in [0.29, 0.717) is 19.4 Å². The van der Waals surface area contributed by atoms with Gasteiger partial charge >= 0.3 is 5.97 Å². The van der Waals surface area contributed by atoms with Crippen LogP contribution in [0.3, 0.4) is 0 Å². The molecule has 3 N–H and O–H groups in total. The fourth-order valence-electron chi connectivity index (χ4n) is 12.0. The number of carbonyl (C=O) groups is 2. The molecule has 0 saturated heterocycles. The van der Waals surface area contributed by atoms with Crippen LogP contribution in [-0.2, 0) is 14.3 Å². The Morgan fingerprint density at radius 3 is 0.918 bits per heavy atom. The van der Waals surface area contributed by atoms with Crippen molar-refractivity contribution in [2.45, 2.75) is 431 Å². The normalized spacial score (nSPS) is 12.8. The smallest absolute Gasteiger partial charge is 0.305 e. The molecule has 0 bridgehead atoms. The minimum absolute atomic E-state index is 0.00926. The topological polar surface area (TPSA) is 95.9 Å². The number of rotatable bonds is 72. The molecule has 0 rings (SSSR count). The van der Waals surface area contributed by atoms with Crippen LogP contribution in [-0.4, -0.2) is 47.4 Å². The summed E-state index contributed by atoms with van der Waals surface area (Å²) in [6, 6.07) is -0.629. The lowest BCUT2D eigenvalue weighted by Gasteiger charge is -2.20. The number of aliphatic hydroxyl groups is 2. The molecule has 0 aromatic carbocycles. The van der Waals surface area contributed by atoms with Crippen molar-refractivity contribution < 1.29 is 24.5 Å². The predicted molar refractivity (Wildman–Crippen MR) is 375 cm³/mol. The van der Waals surface area contributed by atoms with Gasteiger partial charge < -0.3 is 20.3 Å². The molecule has 0 aromatic heterocycles. The molecule has 0 heterocycles. The highest BCUT2D eigenvalue weighted by atomic mass is 16.5. The van der Waals surface area contributed by atoms with Crippen LogP contribution < -0.4 is 5.32 Å². The third-order valence-electron chi connectivity index (χ3n) is 17.8. The van der Waals surface area contributed by atoms with E-state index in [1.807, 2.05) is 6.08 Å². The van der Waals surface area contributed by atoms with Gasteiger partial charge in [-0.3, -0.25) is 9.59 Å². The molecule has 0 fully saturated rings. The van der Waals surface area contributed by atoms with E-state index < -0.39 is 12.1 Å². The van der Waals surface area contributed by atoms with E-state index in [-0.39, 0.29) is 18.5 Å². The summed E-state index contributed by atoms with van der Waals surface area (Å²) >= 11 is 0. The number of unbranched alkanes of at least 4 members (excludes halogenated alkanes) is 55. The first-order valence-electron chi connectivity index (χ1n) is 38.4. The zero-order chi connectivity index (χ0) is 61.3. The van der Waals surface area contributed by atoms with Gasteiger partial charge in [0.1, 0.15) is 0 Å². The van der Waals surface area contributed by atoms with Crippen molar-refractivity contribution in [2.75, 3.05) is 13.2 Å². The number of aliphatic hydroxyl groups excluding tert-OH is 2. The van der Waals surface area contributed by atoms with Gasteiger partial charge in [0.25, 0.3) is 0 Å². The van der Waals surface area contributed by atoms with Crippen LogP contribution in [0.25, 0.3) is 0 Å². The second-order valence-electron chi connectivity index (χ2n) is 26.3. The summed E-state index contributed by atoms with van der Waals surface area (Å²) in [6.07, 6.45) is 97.8. The maximum absolute atomic E-state index is 12.5. The van der Waals surface area contributed by atoms with Gasteiger partial charge in [-0.05, 0) is 89.9 Å². The molecule has 6 heteroatoms. The molecule has 0 aliphatic heterocycles. The maximum atomic E-state index is 12.5. The molecule has 2 atom stereocenters. The SMILES string of the molecule is CCCCCC/C=C\C/C=C\CCCCCCCCCC(=O)OCCCCCCCCCCCCCC/C=C\CCCCCCCCCCCCCCCC(=O)NC(CO)C(O)/C=C/CCCCCCCCCCCCCCCCCCCCC. The fraction of sp³-hybridized carbons (Fsp3) is 0.873. The van der Waals surface area contributed by atoms with Crippen LogP contribution in [0.1, 0.15) is 418 Å². The third kappa shape index (κ3) is 70.8. The monoisotopic (exact) mass is 1190 g/mol. The number of esters is 1. The average Bonchev–Trinajstić information content (AvgIpc) is 3.51. The summed E-state index contributed by atoms with van der Waals surface area (Å²) in [5, 5.41) is 23.3. The Kier molecular flexibility index (Phi) is 72.4. The van der Waals surface area contributed by atoms with Crippen molar-refractivity contribution in [3.05, 3.63) is 48.6 Å². The van der Waals surface area contributed by atoms with Crippen LogP contribution in [0, 0.1) is 0 Å². The van der Waals surface area contributed by atoms with Gasteiger partial charge in [-0.2, -0.15) is 0 Å². The van der Waals surface area contributed by atoms with E-state index in [0.717, 1.165) is 51.4 Å². The Bertz CT molecular complexity index is 1420. The number of hydrogen-bond acceptors (Lipinski definition) is 5. The first-order chi connectivity index (χ1) is 42.0. The Labute approximate surface area is 531 Å². The van der Waals surface area contributed by atoms with Crippen LogP contribution in [0.15, 0.2) is 48.6 Å². The first-order valence-corrected chi connectivity index (χ1v) is 38.4. The second-order valence-corrected chi connectivity index (χ2v) is 26.3. The second kappa shape index (κ2) is 74.3. The number of amides is 1. The summed E-state index contributed by atoms with van der Waals surface area (Å²) in [5.74, 6) is -0.0542. The van der Waals surface area contributed by atoms with Crippen LogP contribution in [0.2, 0.25) is 0 Å². The van der Waals surface area contributed by atoms with Gasteiger partial charge in [0.2, 0.25) is 5.91 Å². The molecule has 0 aliphatic rings. The molecule has 0 aromatic rings. The molecule has 0 spiro atoms. The molecule has 0 saturated carbocycles. The average molecular weight is 1190 g/mol. The zero-order valence-electron chi connectivity index (χ0n) is 57.4. The van der Waals surface area contributed by atoms with Gasteiger partial charge in [-0.1, -0.05) is 364 Å². The zero-order valence-corrected chi connectivity index (χ0v) is 57.4. The first kappa shape index (κ1) is 82.8. The molecule has 1 amide bonds. The molecule has 85 heavy (non-hydrogen) atoms. The third-order valence-corrected chi connectivity index (χ3v) is 17.8. The van der Waals surface area contributed by atoms with Gasteiger partial charge in [-0.25, -0.2) is 0 Å². The van der Waals surface area contributed by atoms with Crippen molar-refractivity contribution in [1.82, 2.24) is 5.32 Å². The number of nitrogens with one attached hydrogen (secondary N) is 1. The Hall–Kier alpha value is -2.18. The lowest BCUT2D eigenvalue weighted by molar-refractivity contribution is -0.143. The van der Waals surface area contributed by atoms with Gasteiger partial charge in [0.05, 0.1) is 25.4 Å². The predicted octanol–water partition coefficient (Wildman–Crippen LogP) is 25.2. The van der Waals surface area contributed by atoms with Gasteiger partial charge in [0, 0.05) is 12.8 Å². The minimum Gasteiger partial charge on any atom is -0.466 e. The number of allylic oxidation sites excluding steroid dienone is 7. The number of ether oxygens (including phenoxy) is 1. The highest BCUT2D eigenvalue weighted by molar-refractivity contribution is 5.76. The van der Waals surface area contributed by atoms with Crippen LogP contribution >= 0.6 is 0 Å². The highest BCUT2D eigenvalue weighted by Crippen LogP contribution is 2.19. The quantitative estimate of drug-likeness (QED) is 0.0320. The lowest BCUT2D eigenvalue weighted by atomic mass is 10.0. The molecule has 6 nitrogen and oxygen atoms in total. The summed E-state index contributed by atoms with van der Waals surface area (Å²) < 4.78 is 5.50. The lowest BCUT2D eigenvalue weighted by Crippen LogP contribution is -2.45. The molecule has 2 unspecified atom stereocenters. The fourth-order valence-corrected chi connectivity index (χ4v) is 12.0. The summed E-state index contributed by atoms with van der Waals surface area (Å²) in [6.45, 7) is 4.92. The van der Waals surface area contributed by atoms with Crippen LogP contribution in [0.4, 0.5) is 0 Å². The van der Waals surface area contributed by atoms with Gasteiger partial charge in [-0.15, -0.1) is 0 Å². The molecular weight excluding hydrogens is 1040 g/mol. The molecule has 0 radical (unpaired) electrons. The van der Waals surface area contributed by atoms with Crippen LogP contribution in [0.5, 0.6) is 0 Å². The molecule has 500 valence electrons. The summed E-state index contributed by atoms with van der Waals surface area (Å²) in [7, 11) is 0. The molecular formula is C79H149NO5. The molecule has 0 aliphatic carbocycles. The Morgan fingerprint density at radius 1 is 0.329 bits per heavy atom. The van der Waals surface area contributed by atoms with E-state index in [2.05, 4.69) is 55.6 Å². The Morgan fingerprint density at radius 2 is 0.588 bits per heavy atom. The number of carbonyl (C=O) groups excluding carboxylic acids is 2. The highest BCUT2D eigenvalue weighted by Gasteiger charge is 2.18. The Balaban J connectivity index is 3.39. The van der Waals surface area contributed by atoms with Crippen molar-refractivity contribution >= 4 is 11.9 Å². The van der Waals surface area contributed by atoms with E-state index in [1.54, 1.807) is 6.08 Å². The van der Waals surface area contributed by atoms with E-state index in [4.69, 9.17) is 4.74 Å². The standard InChI is InChI=1S/C79H149NO5/c1-3-5-7-9-11-13-15-17-19-21-23-33-36-39-43-47-51-55-59-63-67-71-77(82)76(75-81)80-78(83)72-68-64-60-56-52-48-44-40-37-34-31-29-27-25-24-26-28-30-32-35-38-42-46-50-54-58-62-66-70-74-85-79(84)73-69-65-61-57-53-49-45-41-22-20-18-16-14-12-10-8-6-4-2/h14,16,20,22,24,26,67,71,76-77,81-82H,3-13,15,17-19,21,23,25,27-66,68-70,72-75H2,1-2H3,(H,80,83)/b16-14-,22-20-,26-24-,71-67+. The minimum atomic E-state index is -0.846. The maximum Gasteiger partial charge on any atom is 0.305 e. The number of hydrogen-bond donors (Lipinski definition) is 3. The van der Waals surface area contributed by atoms with E-state index in [1.165, 1.54) is 340 Å². The van der Waals surface area contributed by atoms with Crippen molar-refractivity contribution in [2.24, 2.45) is 0 Å². The van der Waals surface area contributed by atoms with Gasteiger partial charge in [0.15, 0.2) is 0 Å². The van der Waals surface area contributed by atoms with Crippen molar-refractivity contribution in [3.8, 4) is 0 Å². The van der Waals surface area contributed by atoms with Crippen molar-refractivity contribution in [1.29, 1.82) is 0 Å². The van der Waals surface area contributed by atoms with E-state index in [9.17, 15) is 19.8 Å². The van der Waals surface area contributed by atoms with Crippen molar-refractivity contribution in [3.63, 3.8) is 0 Å². The summed E-state index contributed by atoms with van der Waals surface area (Å²) in [4.78, 5) is 24.6.